The first-order valence-corrected chi connectivity index (χ1v) is 10.7. The molecule has 0 aromatic heterocycles. The van der Waals surface area contributed by atoms with Crippen molar-refractivity contribution in [1.82, 2.24) is 15.5 Å². The van der Waals surface area contributed by atoms with Crippen molar-refractivity contribution >= 4 is 53.3 Å². The third kappa shape index (κ3) is 8.59. The van der Waals surface area contributed by atoms with Crippen molar-refractivity contribution in [2.45, 2.75) is 13.3 Å². The Balaban J connectivity index is 0.00000364. The van der Waals surface area contributed by atoms with E-state index in [9.17, 15) is 4.79 Å². The average molecular weight is 505 g/mol. The Kier molecular flexibility index (Phi) is 12.3. The second kappa shape index (κ2) is 13.9. The highest BCUT2D eigenvalue weighted by molar-refractivity contribution is 14.0. The molecule has 0 spiro atoms. The lowest BCUT2D eigenvalue weighted by Crippen LogP contribution is -2.49. The Bertz CT molecular complexity index is 564. The summed E-state index contributed by atoms with van der Waals surface area (Å²) >= 11 is 1.78. The van der Waals surface area contributed by atoms with Gasteiger partial charge in [-0.05, 0) is 25.3 Å². The summed E-state index contributed by atoms with van der Waals surface area (Å²) in [6, 6.07) is 10.4. The van der Waals surface area contributed by atoms with Gasteiger partial charge in [-0.15, -0.1) is 24.0 Å². The molecule has 6 nitrogen and oxygen atoms in total. The maximum Gasteiger partial charge on any atom is 0.224 e. The van der Waals surface area contributed by atoms with Crippen molar-refractivity contribution in [3.8, 4) is 0 Å². The summed E-state index contributed by atoms with van der Waals surface area (Å²) in [6.07, 6.45) is 2.57. The highest BCUT2D eigenvalue weighted by Gasteiger charge is 2.20. The normalized spacial score (nSPS) is 14.5. The van der Waals surface area contributed by atoms with E-state index in [0.717, 1.165) is 51.0 Å². The first kappa shape index (κ1) is 23.9. The zero-order valence-electron chi connectivity index (χ0n) is 16.3. The molecule has 0 unspecified atom stereocenters. The van der Waals surface area contributed by atoms with Crippen molar-refractivity contribution in [1.29, 1.82) is 0 Å². The number of rotatable bonds is 8. The number of para-hydroxylation sites is 1. The number of nitrogens with zero attached hydrogens (tertiary/aromatic N) is 3. The summed E-state index contributed by atoms with van der Waals surface area (Å²) in [5.41, 5.74) is 1.23. The fraction of sp³-hybridized carbons (Fsp3) is 0.579. The van der Waals surface area contributed by atoms with E-state index in [2.05, 4.69) is 51.0 Å². The number of benzene rings is 1. The molecular formula is C19H32IN5OS. The lowest BCUT2D eigenvalue weighted by atomic mass is 10.2. The molecule has 2 rings (SSSR count). The van der Waals surface area contributed by atoms with Gasteiger partial charge >= 0.3 is 0 Å². The number of aliphatic imine (C=N–C) groups is 1. The van der Waals surface area contributed by atoms with Gasteiger partial charge in [-0.25, -0.2) is 0 Å². The Morgan fingerprint density at radius 3 is 2.48 bits per heavy atom. The Morgan fingerprint density at radius 1 is 1.15 bits per heavy atom. The molecule has 1 aromatic carbocycles. The Hall–Kier alpha value is -1.16. The van der Waals surface area contributed by atoms with Gasteiger partial charge in [0.1, 0.15) is 0 Å². The number of piperazine rings is 1. The molecule has 0 aliphatic carbocycles. The van der Waals surface area contributed by atoms with Crippen molar-refractivity contribution in [2.75, 3.05) is 62.7 Å². The van der Waals surface area contributed by atoms with E-state index in [1.807, 2.05) is 17.9 Å². The van der Waals surface area contributed by atoms with E-state index in [1.54, 1.807) is 11.8 Å². The molecule has 2 N–H and O–H groups in total. The summed E-state index contributed by atoms with van der Waals surface area (Å²) in [5, 5.41) is 6.47. The van der Waals surface area contributed by atoms with Crippen LogP contribution in [0.1, 0.15) is 13.3 Å². The SMILES string of the molecule is CCNC(=NCCSC)NCCC(=O)N1CCN(c2ccccc2)CC1.I. The van der Waals surface area contributed by atoms with Crippen LogP contribution in [0.5, 0.6) is 0 Å². The van der Waals surface area contributed by atoms with Crippen LogP contribution in [0.2, 0.25) is 0 Å². The fourth-order valence-corrected chi connectivity index (χ4v) is 3.16. The minimum Gasteiger partial charge on any atom is -0.368 e. The lowest BCUT2D eigenvalue weighted by Gasteiger charge is -2.36. The van der Waals surface area contributed by atoms with Crippen LogP contribution in [-0.4, -0.2) is 74.6 Å². The number of carbonyl (C=O) groups excluding carboxylic acids is 1. The number of hydrogen-bond acceptors (Lipinski definition) is 4. The van der Waals surface area contributed by atoms with Crippen LogP contribution in [0, 0.1) is 0 Å². The maximum absolute atomic E-state index is 12.4. The molecule has 1 aliphatic rings. The van der Waals surface area contributed by atoms with E-state index in [1.165, 1.54) is 5.69 Å². The van der Waals surface area contributed by atoms with E-state index >= 15 is 0 Å². The van der Waals surface area contributed by atoms with Gasteiger partial charge in [0.2, 0.25) is 5.91 Å². The largest absolute Gasteiger partial charge is 0.368 e. The predicted molar refractivity (Wildman–Crippen MR) is 128 cm³/mol. The Labute approximate surface area is 184 Å². The number of halogens is 1. The molecule has 1 saturated heterocycles. The van der Waals surface area contributed by atoms with E-state index < -0.39 is 0 Å². The minimum absolute atomic E-state index is 0. The van der Waals surface area contributed by atoms with Gasteiger partial charge in [0, 0.05) is 57.1 Å². The molecule has 1 heterocycles. The number of anilines is 1. The van der Waals surface area contributed by atoms with Crippen LogP contribution < -0.4 is 15.5 Å². The number of nitrogens with one attached hydrogen (secondary N) is 2. The van der Waals surface area contributed by atoms with Crippen LogP contribution in [0.25, 0.3) is 0 Å². The fourth-order valence-electron chi connectivity index (χ4n) is 2.89. The van der Waals surface area contributed by atoms with E-state index in [-0.39, 0.29) is 29.9 Å². The minimum atomic E-state index is 0. The molecule has 0 atom stereocenters. The van der Waals surface area contributed by atoms with Gasteiger partial charge in [0.25, 0.3) is 0 Å². The Morgan fingerprint density at radius 2 is 1.85 bits per heavy atom. The van der Waals surface area contributed by atoms with Gasteiger partial charge in [-0.1, -0.05) is 18.2 Å². The van der Waals surface area contributed by atoms with Crippen LogP contribution in [-0.2, 0) is 4.79 Å². The van der Waals surface area contributed by atoms with Crippen molar-refractivity contribution < 1.29 is 4.79 Å². The molecule has 8 heteroatoms. The van der Waals surface area contributed by atoms with Crippen LogP contribution in [0.15, 0.2) is 35.3 Å². The number of amides is 1. The molecule has 0 radical (unpaired) electrons. The first-order valence-electron chi connectivity index (χ1n) is 9.33. The van der Waals surface area contributed by atoms with Gasteiger partial charge in [0.15, 0.2) is 5.96 Å². The molecule has 0 bridgehead atoms. The van der Waals surface area contributed by atoms with Crippen molar-refractivity contribution in [2.24, 2.45) is 4.99 Å². The molecule has 1 fully saturated rings. The van der Waals surface area contributed by atoms with Crippen molar-refractivity contribution in [3.63, 3.8) is 0 Å². The summed E-state index contributed by atoms with van der Waals surface area (Å²) in [5.74, 6) is 2.01. The highest BCUT2D eigenvalue weighted by Crippen LogP contribution is 2.15. The van der Waals surface area contributed by atoms with E-state index in [0.29, 0.717) is 13.0 Å². The molecule has 1 amide bonds. The highest BCUT2D eigenvalue weighted by atomic mass is 127. The van der Waals surface area contributed by atoms with Crippen molar-refractivity contribution in [3.05, 3.63) is 30.3 Å². The first-order chi connectivity index (χ1) is 12.7. The quantitative estimate of drug-likeness (QED) is 0.246. The molecular weight excluding hydrogens is 473 g/mol. The second-order valence-electron chi connectivity index (χ2n) is 6.13. The van der Waals surface area contributed by atoms with Gasteiger partial charge in [-0.2, -0.15) is 11.8 Å². The zero-order chi connectivity index (χ0) is 18.6. The summed E-state index contributed by atoms with van der Waals surface area (Å²) in [6.45, 7) is 7.62. The number of carbonyl (C=O) groups is 1. The molecule has 1 aromatic rings. The van der Waals surface area contributed by atoms with Gasteiger partial charge < -0.3 is 20.4 Å². The molecule has 27 heavy (non-hydrogen) atoms. The lowest BCUT2D eigenvalue weighted by molar-refractivity contribution is -0.131. The molecule has 1 aliphatic heterocycles. The molecule has 0 saturated carbocycles. The van der Waals surface area contributed by atoms with Crippen LogP contribution in [0.4, 0.5) is 5.69 Å². The predicted octanol–water partition coefficient (Wildman–Crippen LogP) is 2.26. The number of thioether (sulfide) groups is 1. The summed E-state index contributed by atoms with van der Waals surface area (Å²) in [4.78, 5) is 21.3. The average Bonchev–Trinajstić information content (AvgIpc) is 2.69. The number of guanidine groups is 1. The third-order valence-corrected chi connectivity index (χ3v) is 4.89. The maximum atomic E-state index is 12.4. The standard InChI is InChI=1S/C19H31N5OS.HI/c1-3-20-19(22-11-16-26-2)21-10-9-18(25)24-14-12-23(13-15-24)17-7-5-4-6-8-17;/h4-8H,3,9-16H2,1-2H3,(H2,20,21,22);1H. The van der Waals surface area contributed by atoms with Crippen LogP contribution >= 0.6 is 35.7 Å². The third-order valence-electron chi connectivity index (χ3n) is 4.29. The molecule has 152 valence electrons. The monoisotopic (exact) mass is 505 g/mol. The van der Waals surface area contributed by atoms with Gasteiger partial charge in [0.05, 0.1) is 6.54 Å². The van der Waals surface area contributed by atoms with Gasteiger partial charge in [-0.3, -0.25) is 9.79 Å². The summed E-state index contributed by atoms with van der Waals surface area (Å²) < 4.78 is 0. The number of hydrogen-bond donors (Lipinski definition) is 2. The zero-order valence-corrected chi connectivity index (χ0v) is 19.5. The summed E-state index contributed by atoms with van der Waals surface area (Å²) in [7, 11) is 0. The van der Waals surface area contributed by atoms with E-state index in [4.69, 9.17) is 0 Å². The topological polar surface area (TPSA) is 60.0 Å². The van der Waals surface area contributed by atoms with Crippen LogP contribution in [0.3, 0.4) is 0 Å². The smallest absolute Gasteiger partial charge is 0.224 e. The second-order valence-corrected chi connectivity index (χ2v) is 7.12.